The molecule has 0 fully saturated rings. The summed E-state index contributed by atoms with van der Waals surface area (Å²) in [6.07, 6.45) is 45.9. The molecular weight excluding hydrogens is 711 g/mol. The van der Waals surface area contributed by atoms with Crippen LogP contribution in [-0.2, 0) is 32.7 Å². The van der Waals surface area contributed by atoms with E-state index in [0.29, 0.717) is 6.42 Å². The number of ether oxygens (including phenoxy) is 2. The molecule has 55 heavy (non-hydrogen) atoms. The second-order valence-corrected chi connectivity index (χ2v) is 17.8. The van der Waals surface area contributed by atoms with E-state index >= 15 is 0 Å². The molecule has 0 bridgehead atoms. The van der Waals surface area contributed by atoms with Crippen LogP contribution < -0.4 is 0 Å². The number of carbonyl (C=O) groups is 2. The van der Waals surface area contributed by atoms with Crippen molar-refractivity contribution in [2.75, 3.05) is 20.3 Å². The quantitative estimate of drug-likeness (QED) is 0.0368. The first-order chi connectivity index (χ1) is 26.8. The molecule has 0 aromatic heterocycles. The van der Waals surface area contributed by atoms with Gasteiger partial charge in [0, 0.05) is 20.0 Å². The molecule has 0 saturated heterocycles. The van der Waals surface area contributed by atoms with Crippen molar-refractivity contribution in [2.45, 2.75) is 264 Å². The lowest BCUT2D eigenvalue weighted by Gasteiger charge is -2.19. The van der Waals surface area contributed by atoms with Gasteiger partial charge in [-0.3, -0.25) is 18.6 Å². The summed E-state index contributed by atoms with van der Waals surface area (Å²) in [5, 5.41) is 0. The molecule has 2 atom stereocenters. The molecular formula is C46H91O8P. The van der Waals surface area contributed by atoms with Gasteiger partial charge in [-0.15, -0.1) is 0 Å². The Morgan fingerprint density at radius 1 is 0.436 bits per heavy atom. The van der Waals surface area contributed by atoms with E-state index in [4.69, 9.17) is 14.0 Å². The third-order valence-electron chi connectivity index (χ3n) is 10.9. The Kier molecular flexibility index (Phi) is 41.9. The predicted molar refractivity (Wildman–Crippen MR) is 230 cm³/mol. The van der Waals surface area contributed by atoms with Gasteiger partial charge in [-0.1, -0.05) is 232 Å². The first kappa shape index (κ1) is 54.0. The lowest BCUT2D eigenvalue weighted by molar-refractivity contribution is -0.161. The van der Waals surface area contributed by atoms with Gasteiger partial charge in [-0.05, 0) is 12.8 Å². The summed E-state index contributed by atoms with van der Waals surface area (Å²) in [6.45, 7) is 3.94. The van der Waals surface area contributed by atoms with Gasteiger partial charge in [-0.2, -0.15) is 0 Å². The molecule has 328 valence electrons. The van der Waals surface area contributed by atoms with E-state index in [-0.39, 0.29) is 25.6 Å². The molecule has 0 aromatic carbocycles. The second kappa shape index (κ2) is 42.7. The lowest BCUT2D eigenvalue weighted by Crippen LogP contribution is -2.29. The van der Waals surface area contributed by atoms with Crippen molar-refractivity contribution in [3.63, 3.8) is 0 Å². The van der Waals surface area contributed by atoms with E-state index in [1.165, 1.54) is 193 Å². The summed E-state index contributed by atoms with van der Waals surface area (Å²) in [5.41, 5.74) is 0. The zero-order valence-corrected chi connectivity index (χ0v) is 37.5. The molecule has 0 heterocycles. The van der Waals surface area contributed by atoms with Crippen LogP contribution in [0.3, 0.4) is 0 Å². The number of hydrogen-bond acceptors (Lipinski definition) is 7. The van der Waals surface area contributed by atoms with Crippen LogP contribution in [0.5, 0.6) is 0 Å². The lowest BCUT2D eigenvalue weighted by atomic mass is 10.0. The number of phosphoric acid groups is 1. The Hall–Kier alpha value is -0.950. The molecule has 0 aliphatic carbocycles. The molecule has 0 rings (SSSR count). The maximum absolute atomic E-state index is 12.5. The second-order valence-electron chi connectivity index (χ2n) is 16.3. The third-order valence-corrected chi connectivity index (χ3v) is 11.8. The van der Waals surface area contributed by atoms with Crippen LogP contribution in [0.15, 0.2) is 0 Å². The van der Waals surface area contributed by atoms with Crippen LogP contribution in [0.4, 0.5) is 0 Å². The summed E-state index contributed by atoms with van der Waals surface area (Å²) >= 11 is 0. The summed E-state index contributed by atoms with van der Waals surface area (Å²) in [6, 6.07) is 0. The minimum absolute atomic E-state index is 0.216. The Morgan fingerprint density at radius 3 is 1.00 bits per heavy atom. The topological polar surface area (TPSA) is 108 Å². The highest BCUT2D eigenvalue weighted by molar-refractivity contribution is 7.47. The van der Waals surface area contributed by atoms with Gasteiger partial charge >= 0.3 is 19.8 Å². The van der Waals surface area contributed by atoms with E-state index in [1.807, 2.05) is 0 Å². The monoisotopic (exact) mass is 803 g/mol. The van der Waals surface area contributed by atoms with Crippen LogP contribution in [0.2, 0.25) is 0 Å². The van der Waals surface area contributed by atoms with Crippen molar-refractivity contribution in [3.8, 4) is 0 Å². The van der Waals surface area contributed by atoms with Gasteiger partial charge in [-0.25, -0.2) is 4.57 Å². The molecule has 0 saturated carbocycles. The van der Waals surface area contributed by atoms with E-state index in [1.54, 1.807) is 0 Å². The van der Waals surface area contributed by atoms with E-state index in [0.717, 1.165) is 45.6 Å². The summed E-state index contributed by atoms with van der Waals surface area (Å²) in [4.78, 5) is 34.6. The Bertz CT molecular complexity index is 869. The fourth-order valence-corrected chi connectivity index (χ4v) is 7.65. The normalized spacial score (nSPS) is 13.2. The molecule has 0 amide bonds. The van der Waals surface area contributed by atoms with Gasteiger partial charge in [0.15, 0.2) is 6.10 Å². The minimum atomic E-state index is -4.26. The molecule has 8 nitrogen and oxygen atoms in total. The van der Waals surface area contributed by atoms with Crippen molar-refractivity contribution in [2.24, 2.45) is 0 Å². The molecule has 0 aliphatic rings. The number of phosphoric ester groups is 1. The maximum Gasteiger partial charge on any atom is 0.472 e. The average molecular weight is 803 g/mol. The summed E-state index contributed by atoms with van der Waals surface area (Å²) < 4.78 is 32.1. The summed E-state index contributed by atoms with van der Waals surface area (Å²) in [5.74, 6) is -0.783. The van der Waals surface area contributed by atoms with Crippen molar-refractivity contribution in [1.29, 1.82) is 0 Å². The number of hydrogen-bond donors (Lipinski definition) is 1. The highest BCUT2D eigenvalue weighted by Crippen LogP contribution is 2.42. The minimum Gasteiger partial charge on any atom is -0.462 e. The Labute approximate surface area is 340 Å². The Balaban J connectivity index is 3.88. The molecule has 0 aromatic rings. The fraction of sp³-hybridized carbons (Fsp3) is 0.957. The number of esters is 2. The van der Waals surface area contributed by atoms with Crippen molar-refractivity contribution >= 4 is 19.8 Å². The maximum atomic E-state index is 12.5. The van der Waals surface area contributed by atoms with Crippen molar-refractivity contribution in [1.82, 2.24) is 0 Å². The van der Waals surface area contributed by atoms with E-state index < -0.39 is 19.9 Å². The highest BCUT2D eigenvalue weighted by Gasteiger charge is 2.24. The SMILES string of the molecule is CCCCCCCCCCCCCCCCCCCCCCC(=O)OC(COC(=O)CCCCCCCCCCCCCCCCCC)COP(=O)(O)OC. The van der Waals surface area contributed by atoms with Gasteiger partial charge in [0.05, 0.1) is 6.61 Å². The van der Waals surface area contributed by atoms with E-state index in [2.05, 4.69) is 18.4 Å². The predicted octanol–water partition coefficient (Wildman–Crippen LogP) is 15.1. The number of rotatable bonds is 45. The third kappa shape index (κ3) is 42.5. The first-order valence-electron chi connectivity index (χ1n) is 23.7. The van der Waals surface area contributed by atoms with Crippen molar-refractivity contribution in [3.05, 3.63) is 0 Å². The first-order valence-corrected chi connectivity index (χ1v) is 25.2. The van der Waals surface area contributed by atoms with Crippen LogP contribution >= 0.6 is 7.82 Å². The van der Waals surface area contributed by atoms with Gasteiger partial charge in [0.1, 0.15) is 6.61 Å². The molecule has 0 radical (unpaired) electrons. The zero-order valence-electron chi connectivity index (χ0n) is 36.6. The Morgan fingerprint density at radius 2 is 0.709 bits per heavy atom. The zero-order chi connectivity index (χ0) is 40.3. The van der Waals surface area contributed by atoms with Crippen molar-refractivity contribution < 1.29 is 37.6 Å². The molecule has 2 unspecified atom stereocenters. The average Bonchev–Trinajstić information content (AvgIpc) is 3.18. The van der Waals surface area contributed by atoms with Gasteiger partial charge in [0.25, 0.3) is 0 Å². The highest BCUT2D eigenvalue weighted by atomic mass is 31.2. The van der Waals surface area contributed by atoms with Gasteiger partial charge < -0.3 is 14.4 Å². The molecule has 9 heteroatoms. The number of unbranched alkanes of at least 4 members (excludes halogenated alkanes) is 34. The van der Waals surface area contributed by atoms with Crippen LogP contribution in [0.25, 0.3) is 0 Å². The van der Waals surface area contributed by atoms with Crippen LogP contribution in [0, 0.1) is 0 Å². The van der Waals surface area contributed by atoms with Crippen LogP contribution in [-0.4, -0.2) is 43.3 Å². The van der Waals surface area contributed by atoms with Crippen LogP contribution in [0.1, 0.15) is 258 Å². The molecule has 0 aliphatic heterocycles. The van der Waals surface area contributed by atoms with Gasteiger partial charge in [0.2, 0.25) is 0 Å². The summed E-state index contributed by atoms with van der Waals surface area (Å²) in [7, 11) is -3.19. The smallest absolute Gasteiger partial charge is 0.462 e. The molecule has 0 spiro atoms. The molecule has 1 N–H and O–H groups in total. The largest absolute Gasteiger partial charge is 0.472 e. The standard InChI is InChI=1S/C46H91O8P/c1-4-6-8-10-12-14-16-18-20-22-23-24-25-27-29-31-33-35-37-39-41-46(48)54-44(43-53-55(49,50)51-3)42-52-45(47)40-38-36-34-32-30-28-26-21-19-17-15-13-11-9-7-5-2/h44H,4-43H2,1-3H3,(H,49,50). The van der Waals surface area contributed by atoms with E-state index in [9.17, 15) is 19.0 Å². The fourth-order valence-electron chi connectivity index (χ4n) is 7.19. The number of carbonyl (C=O) groups excluding carboxylic acids is 2.